The fraction of sp³-hybridized carbons (Fsp3) is 0.286. The van der Waals surface area contributed by atoms with Crippen molar-refractivity contribution in [3.8, 4) is 0 Å². The largest absolute Gasteiger partial charge is 0.354 e. The predicted octanol–water partition coefficient (Wildman–Crippen LogP) is 3.76. The Bertz CT molecular complexity index is 530. The van der Waals surface area contributed by atoms with Gasteiger partial charge in [-0.3, -0.25) is 0 Å². The highest BCUT2D eigenvalue weighted by Crippen LogP contribution is 2.27. The van der Waals surface area contributed by atoms with Crippen LogP contribution >= 0.6 is 11.8 Å². The topological polar surface area (TPSA) is 49.8 Å². The normalized spacial score (nSPS) is 10.2. The van der Waals surface area contributed by atoms with Gasteiger partial charge < -0.3 is 10.6 Å². The van der Waals surface area contributed by atoms with Crippen LogP contribution < -0.4 is 10.6 Å². The van der Waals surface area contributed by atoms with Crippen LogP contribution in [0.5, 0.6) is 0 Å². The van der Waals surface area contributed by atoms with Gasteiger partial charge in [0.2, 0.25) is 5.95 Å². The summed E-state index contributed by atoms with van der Waals surface area (Å²) in [4.78, 5) is 9.83. The summed E-state index contributed by atoms with van der Waals surface area (Å²) in [6.07, 6.45) is 4.88. The van der Waals surface area contributed by atoms with Crippen molar-refractivity contribution in [1.82, 2.24) is 9.97 Å². The molecule has 0 aliphatic carbocycles. The summed E-state index contributed by atoms with van der Waals surface area (Å²) in [7, 11) is 0. The first kappa shape index (κ1) is 13.7. The van der Waals surface area contributed by atoms with E-state index in [2.05, 4.69) is 39.8 Å². The van der Waals surface area contributed by atoms with E-state index in [0.717, 1.165) is 24.5 Å². The van der Waals surface area contributed by atoms with E-state index in [4.69, 9.17) is 0 Å². The van der Waals surface area contributed by atoms with E-state index in [9.17, 15) is 0 Å². The Balaban J connectivity index is 2.14. The molecule has 1 aromatic heterocycles. The van der Waals surface area contributed by atoms with Crippen molar-refractivity contribution in [2.75, 3.05) is 23.4 Å². The van der Waals surface area contributed by atoms with Crippen molar-refractivity contribution in [2.45, 2.75) is 18.2 Å². The van der Waals surface area contributed by atoms with Gasteiger partial charge in [0.1, 0.15) is 5.82 Å². The highest BCUT2D eigenvalue weighted by molar-refractivity contribution is 7.98. The van der Waals surface area contributed by atoms with Gasteiger partial charge in [-0.25, -0.2) is 4.98 Å². The molecule has 19 heavy (non-hydrogen) atoms. The molecule has 0 radical (unpaired) electrons. The van der Waals surface area contributed by atoms with Gasteiger partial charge in [0.15, 0.2) is 0 Å². The van der Waals surface area contributed by atoms with Crippen LogP contribution in [0.15, 0.2) is 41.4 Å². The summed E-state index contributed by atoms with van der Waals surface area (Å²) < 4.78 is 0. The van der Waals surface area contributed by atoms with Crippen molar-refractivity contribution >= 4 is 29.2 Å². The van der Waals surface area contributed by atoms with Gasteiger partial charge in [-0.05, 0) is 30.9 Å². The molecule has 100 valence electrons. The van der Waals surface area contributed by atoms with Gasteiger partial charge in [-0.2, -0.15) is 4.98 Å². The van der Waals surface area contributed by atoms with Crippen molar-refractivity contribution in [1.29, 1.82) is 0 Å². The third-order valence-corrected chi connectivity index (χ3v) is 3.35. The lowest BCUT2D eigenvalue weighted by Gasteiger charge is -2.10. The molecule has 0 saturated heterocycles. The fourth-order valence-corrected chi connectivity index (χ4v) is 2.19. The molecule has 4 nitrogen and oxygen atoms in total. The molecule has 0 spiro atoms. The van der Waals surface area contributed by atoms with Gasteiger partial charge in [-0.15, -0.1) is 11.8 Å². The molecule has 5 heteroatoms. The first-order valence-electron chi connectivity index (χ1n) is 6.30. The number of para-hydroxylation sites is 1. The molecule has 2 rings (SSSR count). The van der Waals surface area contributed by atoms with E-state index < -0.39 is 0 Å². The molecule has 1 aromatic carbocycles. The van der Waals surface area contributed by atoms with E-state index in [1.54, 1.807) is 18.0 Å². The number of aromatic nitrogens is 2. The molecule has 0 amide bonds. The van der Waals surface area contributed by atoms with Crippen LogP contribution in [0.3, 0.4) is 0 Å². The maximum atomic E-state index is 4.44. The molecule has 0 unspecified atom stereocenters. The number of thioether (sulfide) groups is 1. The highest BCUT2D eigenvalue weighted by Gasteiger charge is 2.03. The molecule has 1 heterocycles. The second kappa shape index (κ2) is 6.99. The lowest BCUT2D eigenvalue weighted by molar-refractivity contribution is 0.953. The SMILES string of the molecule is CCCNc1nccc(Nc2ccccc2SC)n1. The summed E-state index contributed by atoms with van der Waals surface area (Å²) in [5.41, 5.74) is 1.06. The summed E-state index contributed by atoms with van der Waals surface area (Å²) in [6, 6.07) is 10.1. The molecule has 0 aliphatic rings. The molecule has 0 atom stereocenters. The molecule has 0 aliphatic heterocycles. The summed E-state index contributed by atoms with van der Waals surface area (Å²) in [6.45, 7) is 2.99. The summed E-state index contributed by atoms with van der Waals surface area (Å²) in [5, 5.41) is 6.51. The van der Waals surface area contributed by atoms with Crippen LogP contribution in [0.2, 0.25) is 0 Å². The fourth-order valence-electron chi connectivity index (χ4n) is 1.64. The Kier molecular flexibility index (Phi) is 5.03. The number of hydrogen-bond acceptors (Lipinski definition) is 5. The smallest absolute Gasteiger partial charge is 0.224 e. The second-order valence-electron chi connectivity index (χ2n) is 4.02. The lowest BCUT2D eigenvalue weighted by atomic mass is 10.3. The van der Waals surface area contributed by atoms with Crippen LogP contribution in [0.1, 0.15) is 13.3 Å². The number of hydrogen-bond donors (Lipinski definition) is 2. The van der Waals surface area contributed by atoms with Crippen LogP contribution in [0.25, 0.3) is 0 Å². The van der Waals surface area contributed by atoms with E-state index in [1.807, 2.05) is 24.3 Å². The predicted molar refractivity (Wildman–Crippen MR) is 82.3 cm³/mol. The van der Waals surface area contributed by atoms with E-state index in [0.29, 0.717) is 5.95 Å². The highest BCUT2D eigenvalue weighted by atomic mass is 32.2. The average Bonchev–Trinajstić information content (AvgIpc) is 2.46. The van der Waals surface area contributed by atoms with Crippen molar-refractivity contribution < 1.29 is 0 Å². The Morgan fingerprint density at radius 1 is 1.21 bits per heavy atom. The maximum absolute atomic E-state index is 4.44. The molecule has 2 N–H and O–H groups in total. The van der Waals surface area contributed by atoms with E-state index in [1.165, 1.54) is 4.90 Å². The number of anilines is 3. The third-order valence-electron chi connectivity index (χ3n) is 2.56. The molecule has 0 bridgehead atoms. The second-order valence-corrected chi connectivity index (χ2v) is 4.87. The average molecular weight is 274 g/mol. The van der Waals surface area contributed by atoms with Crippen LogP contribution in [0, 0.1) is 0 Å². The number of benzene rings is 1. The van der Waals surface area contributed by atoms with E-state index in [-0.39, 0.29) is 0 Å². The molecule has 2 aromatic rings. The van der Waals surface area contributed by atoms with Crippen LogP contribution in [-0.2, 0) is 0 Å². The van der Waals surface area contributed by atoms with Crippen LogP contribution in [-0.4, -0.2) is 22.8 Å². The molecular formula is C14H18N4S. The maximum Gasteiger partial charge on any atom is 0.224 e. The monoisotopic (exact) mass is 274 g/mol. The van der Waals surface area contributed by atoms with Gasteiger partial charge in [0, 0.05) is 17.6 Å². The first-order chi connectivity index (χ1) is 9.33. The number of rotatable bonds is 6. The number of nitrogens with zero attached hydrogens (tertiary/aromatic N) is 2. The minimum Gasteiger partial charge on any atom is -0.354 e. The van der Waals surface area contributed by atoms with E-state index >= 15 is 0 Å². The quantitative estimate of drug-likeness (QED) is 0.785. The van der Waals surface area contributed by atoms with Crippen molar-refractivity contribution in [3.05, 3.63) is 36.5 Å². The van der Waals surface area contributed by atoms with Crippen molar-refractivity contribution in [2.24, 2.45) is 0 Å². The van der Waals surface area contributed by atoms with Gasteiger partial charge in [0.25, 0.3) is 0 Å². The Hall–Kier alpha value is -1.75. The Labute approximate surface area is 118 Å². The Morgan fingerprint density at radius 3 is 2.84 bits per heavy atom. The minimum atomic E-state index is 0.661. The third kappa shape index (κ3) is 3.86. The standard InChI is InChI=1S/C14H18N4S/c1-3-9-15-14-16-10-8-13(18-14)17-11-6-4-5-7-12(11)19-2/h4-8,10H,3,9H2,1-2H3,(H2,15,16,17,18). The molecule has 0 saturated carbocycles. The molecule has 0 fully saturated rings. The first-order valence-corrected chi connectivity index (χ1v) is 7.53. The summed E-state index contributed by atoms with van der Waals surface area (Å²) in [5.74, 6) is 1.46. The van der Waals surface area contributed by atoms with Gasteiger partial charge in [0.05, 0.1) is 5.69 Å². The zero-order chi connectivity index (χ0) is 13.5. The lowest BCUT2D eigenvalue weighted by Crippen LogP contribution is -2.05. The van der Waals surface area contributed by atoms with Crippen LogP contribution in [0.4, 0.5) is 17.5 Å². The molecular weight excluding hydrogens is 256 g/mol. The van der Waals surface area contributed by atoms with Gasteiger partial charge >= 0.3 is 0 Å². The summed E-state index contributed by atoms with van der Waals surface area (Å²) >= 11 is 1.71. The van der Waals surface area contributed by atoms with Gasteiger partial charge in [-0.1, -0.05) is 19.1 Å². The van der Waals surface area contributed by atoms with Crippen molar-refractivity contribution in [3.63, 3.8) is 0 Å². The minimum absolute atomic E-state index is 0.661. The number of nitrogens with one attached hydrogen (secondary N) is 2. The zero-order valence-corrected chi connectivity index (χ0v) is 12.0. The zero-order valence-electron chi connectivity index (χ0n) is 11.2. The Morgan fingerprint density at radius 2 is 2.05 bits per heavy atom.